The van der Waals surface area contributed by atoms with Crippen LogP contribution in [0.4, 0.5) is 0 Å². The van der Waals surface area contributed by atoms with E-state index < -0.39 is 6.10 Å². The van der Waals surface area contributed by atoms with Crippen molar-refractivity contribution in [1.29, 1.82) is 0 Å². The van der Waals surface area contributed by atoms with E-state index in [0.29, 0.717) is 6.54 Å². The van der Waals surface area contributed by atoms with Gasteiger partial charge >= 0.3 is 0 Å². The lowest BCUT2D eigenvalue weighted by Crippen LogP contribution is -2.58. The molecule has 4 atom stereocenters. The van der Waals surface area contributed by atoms with Gasteiger partial charge < -0.3 is 15.2 Å². The molecule has 3 rings (SSSR count). The zero-order valence-corrected chi connectivity index (χ0v) is 15.3. The smallest absolute Gasteiger partial charge is 0.226 e. The van der Waals surface area contributed by atoms with Crippen LogP contribution in [-0.4, -0.2) is 54.3 Å². The second-order valence-corrected chi connectivity index (χ2v) is 7.67. The van der Waals surface area contributed by atoms with Crippen LogP contribution in [0.1, 0.15) is 39.0 Å². The van der Waals surface area contributed by atoms with Crippen molar-refractivity contribution in [1.82, 2.24) is 10.2 Å². The molecule has 2 N–H and O–H groups in total. The van der Waals surface area contributed by atoms with Crippen molar-refractivity contribution in [2.45, 2.75) is 57.3 Å². The molecular weight excluding hydrogens is 316 g/mol. The molecule has 1 heterocycles. The number of aliphatic hydroxyl groups excluding tert-OH is 1. The van der Waals surface area contributed by atoms with Gasteiger partial charge in [0.05, 0.1) is 5.41 Å². The van der Waals surface area contributed by atoms with Crippen molar-refractivity contribution in [2.24, 2.45) is 5.41 Å². The Bertz CT molecular complexity index is 580. The third-order valence-electron chi connectivity index (χ3n) is 5.76. The largest absolute Gasteiger partial charge is 0.488 e. The van der Waals surface area contributed by atoms with Crippen molar-refractivity contribution in [3.8, 4) is 5.75 Å². The van der Waals surface area contributed by atoms with E-state index in [1.54, 1.807) is 7.05 Å². The number of ether oxygens (including phenoxy) is 1. The molecule has 138 valence electrons. The van der Waals surface area contributed by atoms with Crippen LogP contribution in [0.5, 0.6) is 5.75 Å². The van der Waals surface area contributed by atoms with Gasteiger partial charge in [0, 0.05) is 19.6 Å². The van der Waals surface area contributed by atoms with Gasteiger partial charge in [-0.25, -0.2) is 0 Å². The molecule has 0 bridgehead atoms. The molecule has 2 aliphatic rings. The van der Waals surface area contributed by atoms with E-state index >= 15 is 0 Å². The Morgan fingerprint density at radius 1 is 1.28 bits per heavy atom. The Kier molecular flexibility index (Phi) is 5.64. The average Bonchev–Trinajstić information content (AvgIpc) is 2.63. The number of piperidine rings is 1. The molecule has 5 nitrogen and oxygen atoms in total. The van der Waals surface area contributed by atoms with Gasteiger partial charge in [0.15, 0.2) is 0 Å². The molecule has 2 fully saturated rings. The number of rotatable bonds is 4. The fraction of sp³-hybridized carbons (Fsp3) is 0.650. The van der Waals surface area contributed by atoms with Crippen LogP contribution in [0.15, 0.2) is 30.3 Å². The Labute approximate surface area is 150 Å². The standard InChI is InChI=1S/C20H30N2O3/c1-20(19(24)21-2)12-7-13-22(14-20)16-10-6-11-17(18(16)23)25-15-8-4-3-5-9-15/h3-5,8-9,16-18,23H,6-7,10-14H2,1-2H3,(H,21,24)/t16-,17+,18+,20-/m0/s1. The summed E-state index contributed by atoms with van der Waals surface area (Å²) in [6.45, 7) is 3.67. The minimum Gasteiger partial charge on any atom is -0.488 e. The molecule has 0 aromatic heterocycles. The Morgan fingerprint density at radius 2 is 2.04 bits per heavy atom. The number of amides is 1. The minimum absolute atomic E-state index is 0.0618. The number of aliphatic hydroxyl groups is 1. The summed E-state index contributed by atoms with van der Waals surface area (Å²) in [5.41, 5.74) is -0.375. The van der Waals surface area contributed by atoms with E-state index in [-0.39, 0.29) is 23.5 Å². The van der Waals surface area contributed by atoms with Crippen molar-refractivity contribution >= 4 is 5.91 Å². The van der Waals surface area contributed by atoms with Crippen molar-refractivity contribution in [3.63, 3.8) is 0 Å². The lowest BCUT2D eigenvalue weighted by Gasteiger charge is -2.47. The van der Waals surface area contributed by atoms with Crippen LogP contribution in [-0.2, 0) is 4.79 Å². The molecule has 0 unspecified atom stereocenters. The van der Waals surface area contributed by atoms with Gasteiger partial charge in [-0.3, -0.25) is 9.69 Å². The Balaban J connectivity index is 1.68. The van der Waals surface area contributed by atoms with Crippen LogP contribution < -0.4 is 10.1 Å². The van der Waals surface area contributed by atoms with Crippen LogP contribution in [0.2, 0.25) is 0 Å². The molecule has 1 saturated carbocycles. The number of carbonyl (C=O) groups is 1. The molecule has 5 heteroatoms. The molecule has 1 aromatic rings. The van der Waals surface area contributed by atoms with Crippen molar-refractivity contribution in [2.75, 3.05) is 20.1 Å². The second-order valence-electron chi connectivity index (χ2n) is 7.67. The number of para-hydroxylation sites is 1. The van der Waals surface area contributed by atoms with E-state index in [1.807, 2.05) is 37.3 Å². The molecule has 0 spiro atoms. The summed E-state index contributed by atoms with van der Waals surface area (Å²) >= 11 is 0. The van der Waals surface area contributed by atoms with Crippen molar-refractivity contribution in [3.05, 3.63) is 30.3 Å². The highest BCUT2D eigenvalue weighted by molar-refractivity contribution is 5.82. The van der Waals surface area contributed by atoms with Crippen LogP contribution in [0.25, 0.3) is 0 Å². The van der Waals surface area contributed by atoms with Gasteiger partial charge in [0.1, 0.15) is 18.0 Å². The summed E-state index contributed by atoms with van der Waals surface area (Å²) in [7, 11) is 1.70. The predicted molar refractivity (Wildman–Crippen MR) is 97.5 cm³/mol. The molecule has 1 aliphatic carbocycles. The number of carbonyl (C=O) groups excluding carboxylic acids is 1. The maximum absolute atomic E-state index is 12.3. The lowest BCUT2D eigenvalue weighted by molar-refractivity contribution is -0.135. The average molecular weight is 346 g/mol. The molecule has 1 aliphatic heterocycles. The van der Waals surface area contributed by atoms with Gasteiger partial charge in [-0.2, -0.15) is 0 Å². The number of nitrogens with zero attached hydrogens (tertiary/aromatic N) is 1. The van der Waals surface area contributed by atoms with Gasteiger partial charge in [0.2, 0.25) is 5.91 Å². The first-order chi connectivity index (χ1) is 12.0. The molecule has 1 saturated heterocycles. The zero-order chi connectivity index (χ0) is 17.9. The van der Waals surface area contributed by atoms with Gasteiger partial charge in [-0.1, -0.05) is 18.2 Å². The quantitative estimate of drug-likeness (QED) is 0.877. The second kappa shape index (κ2) is 7.75. The number of hydrogen-bond donors (Lipinski definition) is 2. The summed E-state index contributed by atoms with van der Waals surface area (Å²) in [6, 6.07) is 9.77. The van der Waals surface area contributed by atoms with E-state index in [2.05, 4.69) is 10.2 Å². The van der Waals surface area contributed by atoms with E-state index in [1.165, 1.54) is 0 Å². The summed E-state index contributed by atoms with van der Waals surface area (Å²) in [4.78, 5) is 14.6. The fourth-order valence-corrected chi connectivity index (χ4v) is 4.37. The van der Waals surface area contributed by atoms with Gasteiger partial charge in [-0.15, -0.1) is 0 Å². The normalized spacial score (nSPS) is 33.6. The van der Waals surface area contributed by atoms with E-state index in [4.69, 9.17) is 4.74 Å². The van der Waals surface area contributed by atoms with Gasteiger partial charge in [0.25, 0.3) is 0 Å². The topological polar surface area (TPSA) is 61.8 Å². The molecule has 25 heavy (non-hydrogen) atoms. The molecule has 1 aromatic carbocycles. The highest BCUT2D eigenvalue weighted by Gasteiger charge is 2.43. The highest BCUT2D eigenvalue weighted by Crippen LogP contribution is 2.35. The van der Waals surface area contributed by atoms with E-state index in [0.717, 1.165) is 44.4 Å². The van der Waals surface area contributed by atoms with E-state index in [9.17, 15) is 9.90 Å². The van der Waals surface area contributed by atoms with Crippen LogP contribution in [0, 0.1) is 5.41 Å². The molecular formula is C20H30N2O3. The Hall–Kier alpha value is -1.59. The maximum Gasteiger partial charge on any atom is 0.226 e. The lowest BCUT2D eigenvalue weighted by atomic mass is 9.78. The number of benzene rings is 1. The van der Waals surface area contributed by atoms with Crippen LogP contribution >= 0.6 is 0 Å². The minimum atomic E-state index is -0.527. The zero-order valence-electron chi connectivity index (χ0n) is 15.3. The monoisotopic (exact) mass is 346 g/mol. The van der Waals surface area contributed by atoms with Gasteiger partial charge in [-0.05, 0) is 57.7 Å². The number of hydrogen-bond acceptors (Lipinski definition) is 4. The summed E-state index contributed by atoms with van der Waals surface area (Å²) in [5.74, 6) is 0.903. The SMILES string of the molecule is CNC(=O)[C@@]1(C)CCCN([C@H]2CCC[C@@H](Oc3ccccc3)[C@@H]2O)C1. The summed E-state index contributed by atoms with van der Waals surface area (Å²) < 4.78 is 6.05. The number of likely N-dealkylation sites (tertiary alicyclic amines) is 1. The Morgan fingerprint density at radius 3 is 2.76 bits per heavy atom. The summed E-state index contributed by atoms with van der Waals surface area (Å²) in [6.07, 6.45) is 4.03. The first-order valence-corrected chi connectivity index (χ1v) is 9.39. The third kappa shape index (κ3) is 3.98. The first kappa shape index (κ1) is 18.2. The maximum atomic E-state index is 12.3. The summed E-state index contributed by atoms with van der Waals surface area (Å²) in [5, 5.41) is 13.7. The van der Waals surface area contributed by atoms with Crippen molar-refractivity contribution < 1.29 is 14.6 Å². The fourth-order valence-electron chi connectivity index (χ4n) is 4.37. The molecule has 0 radical (unpaired) electrons. The highest BCUT2D eigenvalue weighted by atomic mass is 16.5. The first-order valence-electron chi connectivity index (χ1n) is 9.39. The van der Waals surface area contributed by atoms with Crippen LogP contribution in [0.3, 0.4) is 0 Å². The number of nitrogens with one attached hydrogen (secondary N) is 1. The molecule has 1 amide bonds. The third-order valence-corrected chi connectivity index (χ3v) is 5.76. The predicted octanol–water partition coefficient (Wildman–Crippen LogP) is 2.20.